The van der Waals surface area contributed by atoms with Crippen LogP contribution in [0.5, 0.6) is 0 Å². The first-order valence-electron chi connectivity index (χ1n) is 7.34. The SMILES string of the molecule is CCC1CCC(NC(=O)c2ccccc2S(N)(=O)=O)CC1. The Morgan fingerprint density at radius 2 is 1.86 bits per heavy atom. The zero-order valence-corrected chi connectivity index (χ0v) is 13.0. The number of amides is 1. The van der Waals surface area contributed by atoms with E-state index in [2.05, 4.69) is 12.2 Å². The van der Waals surface area contributed by atoms with Gasteiger partial charge in [0, 0.05) is 6.04 Å². The average molecular weight is 310 g/mol. The topological polar surface area (TPSA) is 89.3 Å². The second-order valence-electron chi connectivity index (χ2n) is 5.64. The molecule has 0 atom stereocenters. The van der Waals surface area contributed by atoms with Gasteiger partial charge < -0.3 is 5.32 Å². The highest BCUT2D eigenvalue weighted by Crippen LogP contribution is 2.26. The van der Waals surface area contributed by atoms with E-state index >= 15 is 0 Å². The normalized spacial score (nSPS) is 22.8. The van der Waals surface area contributed by atoms with Gasteiger partial charge in [-0.15, -0.1) is 0 Å². The number of primary sulfonamides is 1. The van der Waals surface area contributed by atoms with Crippen molar-refractivity contribution in [2.75, 3.05) is 0 Å². The summed E-state index contributed by atoms with van der Waals surface area (Å²) in [5.74, 6) is 0.384. The highest BCUT2D eigenvalue weighted by atomic mass is 32.2. The molecule has 2 rings (SSSR count). The first-order chi connectivity index (χ1) is 9.91. The van der Waals surface area contributed by atoms with E-state index in [-0.39, 0.29) is 22.4 Å². The third-order valence-corrected chi connectivity index (χ3v) is 5.17. The summed E-state index contributed by atoms with van der Waals surface area (Å²) >= 11 is 0. The van der Waals surface area contributed by atoms with Crippen molar-refractivity contribution in [3.05, 3.63) is 29.8 Å². The third-order valence-electron chi connectivity index (χ3n) is 4.20. The van der Waals surface area contributed by atoms with Crippen molar-refractivity contribution in [2.45, 2.75) is 50.0 Å². The van der Waals surface area contributed by atoms with E-state index in [9.17, 15) is 13.2 Å². The Morgan fingerprint density at radius 1 is 1.24 bits per heavy atom. The van der Waals surface area contributed by atoms with E-state index in [1.165, 1.54) is 18.6 Å². The zero-order chi connectivity index (χ0) is 15.5. The van der Waals surface area contributed by atoms with Gasteiger partial charge in [-0.2, -0.15) is 0 Å². The molecule has 0 unspecified atom stereocenters. The fourth-order valence-electron chi connectivity index (χ4n) is 2.88. The maximum absolute atomic E-state index is 12.3. The monoisotopic (exact) mass is 310 g/mol. The van der Waals surface area contributed by atoms with E-state index < -0.39 is 10.0 Å². The minimum Gasteiger partial charge on any atom is -0.349 e. The number of carbonyl (C=O) groups is 1. The smallest absolute Gasteiger partial charge is 0.252 e. The molecule has 1 aliphatic carbocycles. The lowest BCUT2D eigenvalue weighted by Gasteiger charge is -2.28. The fraction of sp³-hybridized carbons (Fsp3) is 0.533. The first-order valence-corrected chi connectivity index (χ1v) is 8.89. The molecule has 1 fully saturated rings. The van der Waals surface area contributed by atoms with Gasteiger partial charge in [-0.3, -0.25) is 4.79 Å². The second-order valence-corrected chi connectivity index (χ2v) is 7.17. The molecular formula is C15H22N2O3S. The number of benzene rings is 1. The summed E-state index contributed by atoms with van der Waals surface area (Å²) < 4.78 is 23.1. The number of carbonyl (C=O) groups excluding carboxylic acids is 1. The van der Waals surface area contributed by atoms with E-state index in [1.54, 1.807) is 12.1 Å². The van der Waals surface area contributed by atoms with E-state index in [4.69, 9.17) is 5.14 Å². The van der Waals surface area contributed by atoms with Gasteiger partial charge in [0.15, 0.2) is 0 Å². The lowest BCUT2D eigenvalue weighted by molar-refractivity contribution is 0.0918. The summed E-state index contributed by atoms with van der Waals surface area (Å²) in [5, 5.41) is 8.09. The van der Waals surface area contributed by atoms with Gasteiger partial charge >= 0.3 is 0 Å². The highest BCUT2D eigenvalue weighted by Gasteiger charge is 2.24. The molecule has 0 spiro atoms. The highest BCUT2D eigenvalue weighted by molar-refractivity contribution is 7.89. The van der Waals surface area contributed by atoms with E-state index in [0.717, 1.165) is 31.6 Å². The fourth-order valence-corrected chi connectivity index (χ4v) is 3.62. The van der Waals surface area contributed by atoms with Crippen molar-refractivity contribution in [1.29, 1.82) is 0 Å². The van der Waals surface area contributed by atoms with Crippen LogP contribution in [0.15, 0.2) is 29.2 Å². The Morgan fingerprint density at radius 3 is 2.43 bits per heavy atom. The Balaban J connectivity index is 2.08. The van der Waals surface area contributed by atoms with Gasteiger partial charge in [0.05, 0.1) is 10.5 Å². The van der Waals surface area contributed by atoms with Crippen LogP contribution < -0.4 is 10.5 Å². The van der Waals surface area contributed by atoms with Crippen molar-refractivity contribution >= 4 is 15.9 Å². The molecule has 0 heterocycles. The van der Waals surface area contributed by atoms with Crippen molar-refractivity contribution in [2.24, 2.45) is 11.1 Å². The van der Waals surface area contributed by atoms with Crippen LogP contribution in [0.4, 0.5) is 0 Å². The summed E-state index contributed by atoms with van der Waals surface area (Å²) in [6.07, 6.45) is 5.29. The number of sulfonamides is 1. The molecule has 116 valence electrons. The van der Waals surface area contributed by atoms with Crippen molar-refractivity contribution in [1.82, 2.24) is 5.32 Å². The summed E-state index contributed by atoms with van der Waals surface area (Å²) in [4.78, 5) is 12.2. The quantitative estimate of drug-likeness (QED) is 0.891. The average Bonchev–Trinajstić information content (AvgIpc) is 2.47. The molecule has 1 aliphatic rings. The molecule has 0 saturated heterocycles. The molecule has 3 N–H and O–H groups in total. The zero-order valence-electron chi connectivity index (χ0n) is 12.2. The van der Waals surface area contributed by atoms with Crippen LogP contribution in [0.1, 0.15) is 49.4 Å². The van der Waals surface area contributed by atoms with Crippen LogP contribution >= 0.6 is 0 Å². The van der Waals surface area contributed by atoms with Crippen LogP contribution in [0.2, 0.25) is 0 Å². The van der Waals surface area contributed by atoms with Gasteiger partial charge in [0.25, 0.3) is 5.91 Å². The van der Waals surface area contributed by atoms with Gasteiger partial charge in [-0.25, -0.2) is 13.6 Å². The standard InChI is InChI=1S/C15H22N2O3S/c1-2-11-7-9-12(10-8-11)17-15(18)13-5-3-4-6-14(13)21(16,19)20/h3-6,11-12H,2,7-10H2,1H3,(H,17,18)(H2,16,19,20). The number of nitrogens with two attached hydrogens (primary N) is 1. The van der Waals surface area contributed by atoms with E-state index in [0.29, 0.717) is 0 Å². The Kier molecular flexibility index (Phi) is 5.00. The van der Waals surface area contributed by atoms with Crippen molar-refractivity contribution < 1.29 is 13.2 Å². The largest absolute Gasteiger partial charge is 0.349 e. The summed E-state index contributed by atoms with van der Waals surface area (Å²) in [6, 6.07) is 6.17. The molecule has 0 radical (unpaired) electrons. The van der Waals surface area contributed by atoms with Crippen molar-refractivity contribution in [3.63, 3.8) is 0 Å². The summed E-state index contributed by atoms with van der Waals surface area (Å²) in [7, 11) is -3.89. The first kappa shape index (κ1) is 16.0. The number of rotatable bonds is 4. The lowest BCUT2D eigenvalue weighted by atomic mass is 9.84. The lowest BCUT2D eigenvalue weighted by Crippen LogP contribution is -2.38. The van der Waals surface area contributed by atoms with Gasteiger partial charge in [0.1, 0.15) is 0 Å². The molecule has 0 bridgehead atoms. The Hall–Kier alpha value is -1.40. The molecule has 21 heavy (non-hydrogen) atoms. The molecular weight excluding hydrogens is 288 g/mol. The minimum absolute atomic E-state index is 0.119. The maximum Gasteiger partial charge on any atom is 0.252 e. The molecule has 0 aliphatic heterocycles. The maximum atomic E-state index is 12.3. The number of hydrogen-bond acceptors (Lipinski definition) is 3. The molecule has 6 heteroatoms. The molecule has 1 aromatic rings. The molecule has 1 amide bonds. The summed E-state index contributed by atoms with van der Waals surface area (Å²) in [5.41, 5.74) is 0.123. The van der Waals surface area contributed by atoms with Crippen LogP contribution in [0.25, 0.3) is 0 Å². The molecule has 1 saturated carbocycles. The Bertz CT molecular complexity index is 605. The number of hydrogen-bond donors (Lipinski definition) is 2. The van der Waals surface area contributed by atoms with Crippen LogP contribution in [0.3, 0.4) is 0 Å². The van der Waals surface area contributed by atoms with Crippen molar-refractivity contribution in [3.8, 4) is 0 Å². The van der Waals surface area contributed by atoms with Gasteiger partial charge in [0.2, 0.25) is 10.0 Å². The van der Waals surface area contributed by atoms with Crippen LogP contribution in [-0.4, -0.2) is 20.4 Å². The predicted molar refractivity (Wildman–Crippen MR) is 81.3 cm³/mol. The Labute approximate surface area is 126 Å². The molecule has 0 aromatic heterocycles. The van der Waals surface area contributed by atoms with E-state index in [1.807, 2.05) is 0 Å². The van der Waals surface area contributed by atoms with Crippen LogP contribution in [-0.2, 0) is 10.0 Å². The summed E-state index contributed by atoms with van der Waals surface area (Å²) in [6.45, 7) is 2.19. The molecule has 5 nitrogen and oxygen atoms in total. The second kappa shape index (κ2) is 6.58. The molecule has 1 aromatic carbocycles. The predicted octanol–water partition coefficient (Wildman–Crippen LogP) is 2.03. The van der Waals surface area contributed by atoms with Gasteiger partial charge in [-0.1, -0.05) is 25.5 Å². The van der Waals surface area contributed by atoms with Crippen LogP contribution in [0, 0.1) is 5.92 Å². The minimum atomic E-state index is -3.89. The number of nitrogens with one attached hydrogen (secondary N) is 1. The third kappa shape index (κ3) is 4.04. The van der Waals surface area contributed by atoms with Gasteiger partial charge in [-0.05, 0) is 43.7 Å².